The van der Waals surface area contributed by atoms with Gasteiger partial charge in [-0.05, 0) is 56.7 Å². The van der Waals surface area contributed by atoms with Crippen molar-refractivity contribution in [2.24, 2.45) is 7.05 Å². The van der Waals surface area contributed by atoms with E-state index in [1.54, 1.807) is 45.0 Å². The lowest BCUT2D eigenvalue weighted by molar-refractivity contribution is -0.671. The average molecular weight is 476 g/mol. The summed E-state index contributed by atoms with van der Waals surface area (Å²) in [4.78, 5) is 43.8. The Hall–Kier alpha value is -4.04. The van der Waals surface area contributed by atoms with Gasteiger partial charge in [0.25, 0.3) is 11.8 Å². The van der Waals surface area contributed by atoms with Gasteiger partial charge in [-0.25, -0.2) is 14.2 Å². The van der Waals surface area contributed by atoms with Crippen LogP contribution in [0.2, 0.25) is 0 Å². The van der Waals surface area contributed by atoms with Crippen LogP contribution in [-0.2, 0) is 21.4 Å². The van der Waals surface area contributed by atoms with Crippen molar-refractivity contribution in [3.05, 3.63) is 84.2 Å². The number of aryl methyl sites for hydroxylation is 1. The van der Waals surface area contributed by atoms with Crippen LogP contribution in [0.15, 0.2) is 73.1 Å². The van der Waals surface area contributed by atoms with Crippen LogP contribution in [0.1, 0.15) is 41.5 Å². The summed E-state index contributed by atoms with van der Waals surface area (Å²) in [5.41, 5.74) is 1.67. The number of hydrogen-bond donors (Lipinski definition) is 0. The number of aromatic nitrogens is 1. The third kappa shape index (κ3) is 5.55. The number of hydroxylamine groups is 2. The molecule has 1 atom stereocenters. The number of carbonyl (C=O) groups excluding carboxylic acids is 3. The highest BCUT2D eigenvalue weighted by molar-refractivity contribution is 6.20. The molecule has 8 heteroatoms. The highest BCUT2D eigenvalue weighted by Crippen LogP contribution is 2.25. The molecule has 35 heavy (non-hydrogen) atoms. The fourth-order valence-corrected chi connectivity index (χ4v) is 3.57. The first-order valence-electron chi connectivity index (χ1n) is 11.2. The molecule has 8 nitrogen and oxygen atoms in total. The highest BCUT2D eigenvalue weighted by atomic mass is 16.7. The van der Waals surface area contributed by atoms with E-state index >= 15 is 0 Å². The first-order valence-corrected chi connectivity index (χ1v) is 11.2. The Morgan fingerprint density at radius 2 is 1.54 bits per heavy atom. The van der Waals surface area contributed by atoms with Crippen molar-refractivity contribution < 1.29 is 33.3 Å². The molecule has 2 heterocycles. The van der Waals surface area contributed by atoms with Gasteiger partial charge < -0.3 is 9.47 Å². The second-order valence-corrected chi connectivity index (χ2v) is 9.17. The van der Waals surface area contributed by atoms with Crippen LogP contribution in [0.25, 0.3) is 11.1 Å². The number of amides is 2. The molecule has 1 aromatic heterocycles. The molecule has 180 valence electrons. The van der Waals surface area contributed by atoms with E-state index in [4.69, 9.17) is 14.3 Å². The van der Waals surface area contributed by atoms with Gasteiger partial charge >= 0.3 is 5.97 Å². The normalized spacial score (nSPS) is 14.0. The first-order chi connectivity index (χ1) is 16.6. The van der Waals surface area contributed by atoms with Crippen molar-refractivity contribution >= 4 is 17.8 Å². The molecule has 0 N–H and O–H groups in total. The van der Waals surface area contributed by atoms with Crippen molar-refractivity contribution in [2.75, 3.05) is 6.61 Å². The van der Waals surface area contributed by atoms with Crippen LogP contribution in [0.5, 0.6) is 5.75 Å². The first kappa shape index (κ1) is 24.1. The minimum absolute atomic E-state index is 0.214. The van der Waals surface area contributed by atoms with E-state index in [0.717, 1.165) is 11.1 Å². The van der Waals surface area contributed by atoms with E-state index in [1.165, 1.54) is 12.1 Å². The highest BCUT2D eigenvalue weighted by Gasteiger charge is 2.40. The lowest BCUT2D eigenvalue weighted by Crippen LogP contribution is -2.43. The van der Waals surface area contributed by atoms with Gasteiger partial charge in [0.1, 0.15) is 25.0 Å². The number of ether oxygens (including phenoxy) is 2. The number of benzene rings is 2. The summed E-state index contributed by atoms with van der Waals surface area (Å²) in [5, 5.41) is 0.598. The van der Waals surface area contributed by atoms with E-state index in [9.17, 15) is 14.4 Å². The van der Waals surface area contributed by atoms with Gasteiger partial charge in [-0.15, -0.1) is 5.06 Å². The molecule has 0 saturated heterocycles. The average Bonchev–Trinajstić information content (AvgIpc) is 3.05. The van der Waals surface area contributed by atoms with E-state index in [-0.39, 0.29) is 17.7 Å². The van der Waals surface area contributed by atoms with Crippen LogP contribution in [0.4, 0.5) is 0 Å². The van der Waals surface area contributed by atoms with Crippen LogP contribution in [-0.4, -0.2) is 41.2 Å². The van der Waals surface area contributed by atoms with E-state index in [1.807, 2.05) is 48.3 Å². The molecule has 0 bridgehead atoms. The number of nitrogens with zero attached hydrogens (tertiary/aromatic N) is 2. The quantitative estimate of drug-likeness (QED) is 0.295. The number of rotatable bonds is 7. The van der Waals surface area contributed by atoms with Crippen molar-refractivity contribution in [2.45, 2.75) is 32.5 Å². The van der Waals surface area contributed by atoms with E-state index < -0.39 is 29.5 Å². The van der Waals surface area contributed by atoms with Gasteiger partial charge in [0, 0.05) is 11.6 Å². The predicted octanol–water partition coefficient (Wildman–Crippen LogP) is 3.50. The van der Waals surface area contributed by atoms with Crippen LogP contribution < -0.4 is 9.30 Å². The lowest BCUT2D eigenvalue weighted by atomic mass is 10.1. The fourth-order valence-electron chi connectivity index (χ4n) is 3.57. The van der Waals surface area contributed by atoms with Gasteiger partial charge in [-0.2, -0.15) is 0 Å². The molecule has 4 rings (SSSR count). The summed E-state index contributed by atoms with van der Waals surface area (Å²) in [6.45, 7) is 4.88. The Bertz CT molecular complexity index is 1230. The molecule has 0 spiro atoms. The molecular weight excluding hydrogens is 448 g/mol. The number of imide groups is 1. The maximum atomic E-state index is 12.8. The molecule has 2 amide bonds. The summed E-state index contributed by atoms with van der Waals surface area (Å²) in [6, 6.07) is 17.7. The Morgan fingerprint density at radius 1 is 0.914 bits per heavy atom. The molecular formula is C27H27N2O6+. The second kappa shape index (κ2) is 9.68. The predicted molar refractivity (Wildman–Crippen MR) is 126 cm³/mol. The summed E-state index contributed by atoms with van der Waals surface area (Å²) in [7, 11) is 1.95. The monoisotopic (exact) mass is 475 g/mol. The third-order valence-electron chi connectivity index (χ3n) is 5.19. The molecule has 0 aliphatic carbocycles. The van der Waals surface area contributed by atoms with Crippen LogP contribution in [0.3, 0.4) is 0 Å². The maximum Gasteiger partial charge on any atom is 0.342 e. The van der Waals surface area contributed by atoms with Crippen molar-refractivity contribution in [3.8, 4) is 16.9 Å². The zero-order valence-electron chi connectivity index (χ0n) is 20.1. The van der Waals surface area contributed by atoms with Crippen LogP contribution in [0, 0.1) is 0 Å². The number of pyridine rings is 1. The Morgan fingerprint density at radius 3 is 2.11 bits per heavy atom. The number of esters is 1. The number of fused-ring (bicyclic) bond motifs is 1. The van der Waals surface area contributed by atoms with E-state index in [2.05, 4.69) is 0 Å². The minimum atomic E-state index is -1.34. The largest absolute Gasteiger partial charge is 0.490 e. The van der Waals surface area contributed by atoms with Gasteiger partial charge in [-0.1, -0.05) is 24.3 Å². The second-order valence-electron chi connectivity index (χ2n) is 9.17. The molecule has 3 aromatic rings. The van der Waals surface area contributed by atoms with Gasteiger partial charge in [0.05, 0.1) is 11.1 Å². The van der Waals surface area contributed by atoms with Crippen molar-refractivity contribution in [1.82, 2.24) is 5.06 Å². The van der Waals surface area contributed by atoms with Crippen molar-refractivity contribution in [3.63, 3.8) is 0 Å². The number of carbonyl (C=O) groups is 3. The molecule has 0 unspecified atom stereocenters. The molecule has 1 aliphatic heterocycles. The zero-order valence-corrected chi connectivity index (χ0v) is 20.1. The minimum Gasteiger partial charge on any atom is -0.490 e. The number of hydrogen-bond acceptors (Lipinski definition) is 6. The van der Waals surface area contributed by atoms with Gasteiger partial charge in [0.15, 0.2) is 12.4 Å². The lowest BCUT2D eigenvalue weighted by Gasteiger charge is -2.26. The standard InChI is InChI=1S/C27H27N2O6/c1-27(2,3)34-26(32)23(35-29-24(30)21-9-5-6-10-22(21)25(29)31)17-33-20-13-11-18(12-14-20)19-8-7-15-28(4)16-19/h5-16,23H,17H2,1-4H3/q+1/t23-/m0/s1. The zero-order chi connectivity index (χ0) is 25.2. The van der Waals surface area contributed by atoms with Gasteiger partial charge in [0.2, 0.25) is 6.10 Å². The Labute approximate surface area is 203 Å². The maximum absolute atomic E-state index is 12.8. The SMILES string of the molecule is C[n+]1cccc(-c2ccc(OC[C@H](ON3C(=O)c4ccccc4C3=O)C(=O)OC(C)(C)C)cc2)c1. The Balaban J connectivity index is 1.49. The third-order valence-corrected chi connectivity index (χ3v) is 5.19. The topological polar surface area (TPSA) is 86.0 Å². The van der Waals surface area contributed by atoms with Crippen LogP contribution >= 0.6 is 0 Å². The summed E-state index contributed by atoms with van der Waals surface area (Å²) < 4.78 is 13.2. The fraction of sp³-hybridized carbons (Fsp3) is 0.259. The molecule has 1 aliphatic rings. The van der Waals surface area contributed by atoms with E-state index in [0.29, 0.717) is 10.8 Å². The van der Waals surface area contributed by atoms with Gasteiger partial charge in [-0.3, -0.25) is 9.59 Å². The Kier molecular flexibility index (Phi) is 6.66. The summed E-state index contributed by atoms with van der Waals surface area (Å²) in [6.07, 6.45) is 2.61. The smallest absolute Gasteiger partial charge is 0.342 e. The summed E-state index contributed by atoms with van der Waals surface area (Å²) in [5.74, 6) is -1.53. The molecule has 0 fully saturated rings. The summed E-state index contributed by atoms with van der Waals surface area (Å²) >= 11 is 0. The molecule has 0 radical (unpaired) electrons. The van der Waals surface area contributed by atoms with Crippen molar-refractivity contribution in [1.29, 1.82) is 0 Å². The molecule has 2 aromatic carbocycles. The molecule has 0 saturated carbocycles.